The van der Waals surface area contributed by atoms with E-state index in [-0.39, 0.29) is 5.91 Å². The summed E-state index contributed by atoms with van der Waals surface area (Å²) in [6.07, 6.45) is 4.86. The molecule has 0 bridgehead atoms. The first-order chi connectivity index (χ1) is 12.1. The quantitative estimate of drug-likeness (QED) is 0.750. The van der Waals surface area contributed by atoms with Gasteiger partial charge in [-0.05, 0) is 36.2 Å². The lowest BCUT2D eigenvalue weighted by molar-refractivity contribution is -0.116. The lowest BCUT2D eigenvalue weighted by atomic mass is 10.2. The Hall–Kier alpha value is -3.08. The average Bonchev–Trinajstić information content (AvgIpc) is 3.10. The largest absolute Gasteiger partial charge is 0.376 e. The molecule has 5 nitrogen and oxygen atoms in total. The van der Waals surface area contributed by atoms with Gasteiger partial charge in [0.25, 0.3) is 0 Å². The zero-order chi connectivity index (χ0) is 17.6. The van der Waals surface area contributed by atoms with E-state index >= 15 is 0 Å². The Morgan fingerprint density at radius 1 is 1.08 bits per heavy atom. The average molecular weight is 334 g/mol. The molecule has 0 saturated carbocycles. The number of aryl methyl sites for hydroxylation is 1. The van der Waals surface area contributed by atoms with Crippen molar-refractivity contribution in [3.05, 3.63) is 72.6 Å². The van der Waals surface area contributed by atoms with Gasteiger partial charge in [-0.3, -0.25) is 4.79 Å². The fraction of sp³-hybridized carbons (Fsp3) is 0.200. The third-order valence-corrected chi connectivity index (χ3v) is 3.96. The number of benzene rings is 2. The summed E-state index contributed by atoms with van der Waals surface area (Å²) in [4.78, 5) is 14.3. The highest BCUT2D eigenvalue weighted by Gasteiger charge is 2.09. The van der Waals surface area contributed by atoms with Gasteiger partial charge >= 0.3 is 0 Å². The van der Waals surface area contributed by atoms with Crippen LogP contribution in [-0.2, 0) is 11.2 Å². The van der Waals surface area contributed by atoms with Crippen LogP contribution in [0.5, 0.6) is 0 Å². The third kappa shape index (κ3) is 4.26. The van der Waals surface area contributed by atoms with Gasteiger partial charge in [-0.2, -0.15) is 5.10 Å². The number of aromatic nitrogens is 2. The fourth-order valence-corrected chi connectivity index (χ4v) is 2.65. The van der Waals surface area contributed by atoms with Crippen molar-refractivity contribution in [1.29, 1.82) is 0 Å². The van der Waals surface area contributed by atoms with E-state index in [2.05, 4.69) is 10.4 Å². The molecule has 0 radical (unpaired) electrons. The molecule has 0 aliphatic rings. The van der Waals surface area contributed by atoms with Crippen LogP contribution in [-0.4, -0.2) is 29.8 Å². The number of carbonyl (C=O) groups excluding carboxylic acids is 1. The van der Waals surface area contributed by atoms with Gasteiger partial charge in [0.1, 0.15) is 0 Å². The molecule has 1 N–H and O–H groups in total. The number of nitrogens with zero attached hydrogens (tertiary/aromatic N) is 3. The van der Waals surface area contributed by atoms with Crippen molar-refractivity contribution in [3.8, 4) is 5.69 Å². The Morgan fingerprint density at radius 3 is 2.56 bits per heavy atom. The second kappa shape index (κ2) is 7.66. The van der Waals surface area contributed by atoms with Crippen molar-refractivity contribution >= 4 is 17.3 Å². The van der Waals surface area contributed by atoms with Gasteiger partial charge < -0.3 is 10.2 Å². The number of carbonyl (C=O) groups is 1. The maximum absolute atomic E-state index is 12.3. The lowest BCUT2D eigenvalue weighted by Gasteiger charge is -2.17. The van der Waals surface area contributed by atoms with E-state index in [0.29, 0.717) is 12.8 Å². The predicted octanol–water partition coefficient (Wildman–Crippen LogP) is 3.51. The van der Waals surface area contributed by atoms with Crippen LogP contribution in [0.25, 0.3) is 5.69 Å². The van der Waals surface area contributed by atoms with E-state index in [0.717, 1.165) is 22.6 Å². The second-order valence-electron chi connectivity index (χ2n) is 6.09. The van der Waals surface area contributed by atoms with E-state index in [9.17, 15) is 4.79 Å². The minimum atomic E-state index is 0.00163. The molecule has 25 heavy (non-hydrogen) atoms. The molecule has 0 aliphatic heterocycles. The van der Waals surface area contributed by atoms with E-state index in [1.54, 1.807) is 0 Å². The SMILES string of the molecule is CN(C)c1ccccc1NC(=O)CCc1cnn(-c2ccccc2)c1. The summed E-state index contributed by atoms with van der Waals surface area (Å²) in [6.45, 7) is 0. The van der Waals surface area contributed by atoms with E-state index < -0.39 is 0 Å². The number of rotatable bonds is 6. The van der Waals surface area contributed by atoms with Crippen LogP contribution < -0.4 is 10.2 Å². The first kappa shape index (κ1) is 16.8. The molecule has 0 fully saturated rings. The lowest BCUT2D eigenvalue weighted by Crippen LogP contribution is -2.16. The summed E-state index contributed by atoms with van der Waals surface area (Å²) in [5.74, 6) is 0.00163. The summed E-state index contributed by atoms with van der Waals surface area (Å²) in [5, 5.41) is 7.36. The van der Waals surface area contributed by atoms with Gasteiger partial charge in [0.15, 0.2) is 0 Å². The first-order valence-corrected chi connectivity index (χ1v) is 8.28. The van der Waals surface area contributed by atoms with Gasteiger partial charge in [0.05, 0.1) is 23.3 Å². The molecule has 0 saturated heterocycles. The van der Waals surface area contributed by atoms with Crippen LogP contribution in [0.2, 0.25) is 0 Å². The summed E-state index contributed by atoms with van der Waals surface area (Å²) in [7, 11) is 3.92. The highest BCUT2D eigenvalue weighted by molar-refractivity contribution is 5.94. The third-order valence-electron chi connectivity index (χ3n) is 3.96. The number of nitrogens with one attached hydrogen (secondary N) is 1. The minimum absolute atomic E-state index is 0.00163. The molecule has 2 aromatic carbocycles. The molecule has 1 aromatic heterocycles. The Balaban J connectivity index is 1.59. The number of hydrogen-bond acceptors (Lipinski definition) is 3. The van der Waals surface area contributed by atoms with Crippen LogP contribution in [0.15, 0.2) is 67.0 Å². The minimum Gasteiger partial charge on any atom is -0.376 e. The van der Waals surface area contributed by atoms with Crippen LogP contribution in [0, 0.1) is 0 Å². The molecule has 0 atom stereocenters. The van der Waals surface area contributed by atoms with Gasteiger partial charge in [0.2, 0.25) is 5.91 Å². The van der Waals surface area contributed by atoms with Crippen LogP contribution >= 0.6 is 0 Å². The molecular formula is C20H22N4O. The topological polar surface area (TPSA) is 50.2 Å². The molecule has 0 spiro atoms. The summed E-state index contributed by atoms with van der Waals surface area (Å²) < 4.78 is 1.83. The van der Waals surface area contributed by atoms with Gasteiger partial charge in [0, 0.05) is 26.7 Å². The Labute approximate surface area is 147 Å². The van der Waals surface area contributed by atoms with E-state index in [1.165, 1.54) is 0 Å². The normalized spacial score (nSPS) is 10.5. The molecule has 128 valence electrons. The first-order valence-electron chi connectivity index (χ1n) is 8.28. The molecule has 5 heteroatoms. The van der Waals surface area contributed by atoms with Crippen molar-refractivity contribution < 1.29 is 4.79 Å². The van der Waals surface area contributed by atoms with Gasteiger partial charge in [-0.25, -0.2) is 4.68 Å². The molecule has 1 amide bonds. The van der Waals surface area contributed by atoms with Crippen LogP contribution in [0.1, 0.15) is 12.0 Å². The molecular weight excluding hydrogens is 312 g/mol. The molecule has 3 aromatic rings. The van der Waals surface area contributed by atoms with Crippen LogP contribution in [0.4, 0.5) is 11.4 Å². The number of hydrogen-bond donors (Lipinski definition) is 1. The van der Waals surface area contributed by atoms with Crippen molar-refractivity contribution in [2.75, 3.05) is 24.3 Å². The summed E-state index contributed by atoms with van der Waals surface area (Å²) in [6, 6.07) is 17.7. The highest BCUT2D eigenvalue weighted by Crippen LogP contribution is 2.23. The molecule has 3 rings (SSSR count). The Kier molecular flexibility index (Phi) is 5.14. The van der Waals surface area contributed by atoms with Gasteiger partial charge in [-0.1, -0.05) is 30.3 Å². The smallest absolute Gasteiger partial charge is 0.224 e. The van der Waals surface area contributed by atoms with Gasteiger partial charge in [-0.15, -0.1) is 0 Å². The fourth-order valence-electron chi connectivity index (χ4n) is 2.65. The van der Waals surface area contributed by atoms with Crippen molar-refractivity contribution in [1.82, 2.24) is 9.78 Å². The monoisotopic (exact) mass is 334 g/mol. The van der Waals surface area contributed by atoms with Crippen LogP contribution in [0.3, 0.4) is 0 Å². The Morgan fingerprint density at radius 2 is 1.80 bits per heavy atom. The second-order valence-corrected chi connectivity index (χ2v) is 6.09. The number of anilines is 2. The summed E-state index contributed by atoms with van der Waals surface area (Å²) in [5.41, 5.74) is 3.88. The molecule has 1 heterocycles. The number of para-hydroxylation sites is 3. The molecule has 0 unspecified atom stereocenters. The van der Waals surface area contributed by atoms with E-state index in [1.807, 2.05) is 90.7 Å². The van der Waals surface area contributed by atoms with Crippen molar-refractivity contribution in [3.63, 3.8) is 0 Å². The zero-order valence-corrected chi connectivity index (χ0v) is 14.5. The van der Waals surface area contributed by atoms with Crippen molar-refractivity contribution in [2.45, 2.75) is 12.8 Å². The van der Waals surface area contributed by atoms with E-state index in [4.69, 9.17) is 0 Å². The predicted molar refractivity (Wildman–Crippen MR) is 101 cm³/mol. The maximum Gasteiger partial charge on any atom is 0.224 e. The summed E-state index contributed by atoms with van der Waals surface area (Å²) >= 11 is 0. The Bertz CT molecular complexity index is 840. The maximum atomic E-state index is 12.3. The zero-order valence-electron chi connectivity index (χ0n) is 14.5. The standard InChI is InChI=1S/C20H22N4O/c1-23(2)19-11-7-6-10-18(19)22-20(25)13-12-16-14-21-24(15-16)17-8-4-3-5-9-17/h3-11,14-15H,12-13H2,1-2H3,(H,22,25). The van der Waals surface area contributed by atoms with Crippen molar-refractivity contribution in [2.24, 2.45) is 0 Å². The molecule has 0 aliphatic carbocycles. The highest BCUT2D eigenvalue weighted by atomic mass is 16.1. The number of amides is 1.